The molecule has 25 heavy (non-hydrogen) atoms. The highest BCUT2D eigenvalue weighted by Gasteiger charge is 2.11. The molecule has 0 spiro atoms. The number of fused-ring (bicyclic) bond motifs is 1. The van der Waals surface area contributed by atoms with Crippen LogP contribution in [0.2, 0.25) is 0 Å². The smallest absolute Gasteiger partial charge is 0.272 e. The van der Waals surface area contributed by atoms with E-state index in [1.807, 2.05) is 12.1 Å². The van der Waals surface area contributed by atoms with Gasteiger partial charge in [0.05, 0.1) is 16.7 Å². The van der Waals surface area contributed by atoms with Crippen molar-refractivity contribution in [1.29, 1.82) is 0 Å². The van der Waals surface area contributed by atoms with Gasteiger partial charge in [-0.25, -0.2) is 10.4 Å². The van der Waals surface area contributed by atoms with E-state index in [-0.39, 0.29) is 18.0 Å². The highest BCUT2D eigenvalue weighted by atomic mass is 16.2. The van der Waals surface area contributed by atoms with Crippen molar-refractivity contribution in [1.82, 2.24) is 20.0 Å². The molecule has 2 aromatic heterocycles. The van der Waals surface area contributed by atoms with E-state index in [4.69, 9.17) is 0 Å². The zero-order chi connectivity index (χ0) is 17.8. The lowest BCUT2D eigenvalue weighted by Gasteiger charge is -2.10. The minimum atomic E-state index is -0.388. The number of amides is 1. The molecule has 2 heterocycles. The number of carbonyl (C=O) groups excluding carboxylic acids is 1. The van der Waals surface area contributed by atoms with Gasteiger partial charge in [-0.3, -0.25) is 19.1 Å². The fourth-order valence-electron chi connectivity index (χ4n) is 2.44. The van der Waals surface area contributed by atoms with Crippen LogP contribution >= 0.6 is 0 Å². The number of hydrogen-bond acceptors (Lipinski definition) is 5. The Bertz CT molecular complexity index is 1010. The highest BCUT2D eigenvalue weighted by Crippen LogP contribution is 2.09. The van der Waals surface area contributed by atoms with E-state index in [2.05, 4.69) is 20.5 Å². The van der Waals surface area contributed by atoms with Gasteiger partial charge in [-0.1, -0.05) is 18.2 Å². The van der Waals surface area contributed by atoms with Crippen LogP contribution in [0.5, 0.6) is 0 Å². The van der Waals surface area contributed by atoms with E-state index < -0.39 is 0 Å². The van der Waals surface area contributed by atoms with E-state index in [1.165, 1.54) is 4.57 Å². The van der Waals surface area contributed by atoms with Crippen molar-refractivity contribution < 1.29 is 4.79 Å². The third kappa shape index (κ3) is 3.60. The summed E-state index contributed by atoms with van der Waals surface area (Å²) in [5.74, 6) is -0.388. The summed E-state index contributed by atoms with van der Waals surface area (Å²) in [6.45, 7) is 3.27. The standard InChI is InChI=1S/C18H17N5O2/c1-12(14-6-5-9-19-10-14)21-22-17(24)11-23-16-8-4-3-7-15(16)20-13(2)18(23)25/h3-10H,11H2,1-2H3,(H,22,24)/b21-12+. The number of hydrogen-bond donors (Lipinski definition) is 1. The van der Waals surface area contributed by atoms with Gasteiger partial charge in [0, 0.05) is 18.0 Å². The van der Waals surface area contributed by atoms with Gasteiger partial charge in [-0.15, -0.1) is 0 Å². The predicted octanol–water partition coefficient (Wildman–Crippen LogP) is 1.64. The Morgan fingerprint density at radius 1 is 1.24 bits per heavy atom. The molecule has 0 bridgehead atoms. The topological polar surface area (TPSA) is 89.2 Å². The minimum Gasteiger partial charge on any atom is -0.296 e. The largest absolute Gasteiger partial charge is 0.296 e. The maximum atomic E-state index is 12.4. The number of para-hydroxylation sites is 2. The summed E-state index contributed by atoms with van der Waals surface area (Å²) < 4.78 is 1.40. The van der Waals surface area contributed by atoms with Crippen LogP contribution in [0.15, 0.2) is 58.7 Å². The van der Waals surface area contributed by atoms with Crippen LogP contribution < -0.4 is 11.0 Å². The van der Waals surface area contributed by atoms with Crippen molar-refractivity contribution in [3.05, 3.63) is 70.4 Å². The van der Waals surface area contributed by atoms with E-state index >= 15 is 0 Å². The average molecular weight is 335 g/mol. The second-order valence-corrected chi connectivity index (χ2v) is 5.55. The minimum absolute atomic E-state index is 0.132. The van der Waals surface area contributed by atoms with E-state index in [1.54, 1.807) is 50.5 Å². The molecule has 0 saturated heterocycles. The number of nitrogens with zero attached hydrogens (tertiary/aromatic N) is 4. The first-order chi connectivity index (χ1) is 12.1. The van der Waals surface area contributed by atoms with Crippen molar-refractivity contribution in [2.24, 2.45) is 5.10 Å². The average Bonchev–Trinajstić information content (AvgIpc) is 2.64. The summed E-state index contributed by atoms with van der Waals surface area (Å²) >= 11 is 0. The van der Waals surface area contributed by atoms with E-state index in [0.29, 0.717) is 22.4 Å². The Kier molecular flexibility index (Phi) is 4.65. The third-order valence-electron chi connectivity index (χ3n) is 3.74. The molecule has 7 nitrogen and oxygen atoms in total. The molecule has 3 aromatic rings. The third-order valence-corrected chi connectivity index (χ3v) is 3.74. The molecular weight excluding hydrogens is 318 g/mol. The lowest BCUT2D eigenvalue weighted by Crippen LogP contribution is -2.32. The monoisotopic (exact) mass is 335 g/mol. The zero-order valence-corrected chi connectivity index (χ0v) is 13.9. The second kappa shape index (κ2) is 7.04. The Morgan fingerprint density at radius 2 is 2.04 bits per heavy atom. The predicted molar refractivity (Wildman–Crippen MR) is 95.3 cm³/mol. The van der Waals surface area contributed by atoms with Crippen LogP contribution in [-0.4, -0.2) is 26.2 Å². The zero-order valence-electron chi connectivity index (χ0n) is 13.9. The van der Waals surface area contributed by atoms with Gasteiger partial charge < -0.3 is 0 Å². The van der Waals surface area contributed by atoms with Crippen LogP contribution in [0.3, 0.4) is 0 Å². The van der Waals surface area contributed by atoms with Gasteiger partial charge in [0.25, 0.3) is 11.5 Å². The highest BCUT2D eigenvalue weighted by molar-refractivity contribution is 5.98. The molecule has 0 aliphatic rings. The first-order valence-corrected chi connectivity index (χ1v) is 7.76. The molecule has 1 aromatic carbocycles. The molecular formula is C18H17N5O2. The summed E-state index contributed by atoms with van der Waals surface area (Å²) in [5.41, 5.74) is 5.26. The fraction of sp³-hybridized carbons (Fsp3) is 0.167. The Morgan fingerprint density at radius 3 is 2.80 bits per heavy atom. The van der Waals surface area contributed by atoms with E-state index in [0.717, 1.165) is 5.56 Å². The molecule has 1 amide bonds. The van der Waals surface area contributed by atoms with Gasteiger partial charge >= 0.3 is 0 Å². The molecule has 0 aliphatic heterocycles. The van der Waals surface area contributed by atoms with Crippen molar-refractivity contribution in [2.45, 2.75) is 20.4 Å². The van der Waals surface area contributed by atoms with Crippen LogP contribution in [0.1, 0.15) is 18.2 Å². The molecule has 3 rings (SSSR count). The number of carbonyl (C=O) groups is 1. The van der Waals surface area contributed by atoms with Gasteiger partial charge in [0.1, 0.15) is 12.2 Å². The lowest BCUT2D eigenvalue weighted by atomic mass is 10.2. The van der Waals surface area contributed by atoms with Crippen molar-refractivity contribution in [3.63, 3.8) is 0 Å². The number of aromatic nitrogens is 3. The van der Waals surface area contributed by atoms with Gasteiger partial charge in [0.15, 0.2) is 0 Å². The normalized spacial score (nSPS) is 11.5. The quantitative estimate of drug-likeness (QED) is 0.580. The van der Waals surface area contributed by atoms with Gasteiger partial charge in [0.2, 0.25) is 0 Å². The SMILES string of the molecule is C/C(=N\NC(=O)Cn1c(=O)c(C)nc2ccccc21)c1cccnc1. The molecule has 126 valence electrons. The maximum Gasteiger partial charge on any atom is 0.272 e. The number of benzene rings is 1. The Hall–Kier alpha value is -3.35. The first-order valence-electron chi connectivity index (χ1n) is 7.76. The molecule has 0 atom stereocenters. The number of aryl methyl sites for hydroxylation is 1. The molecule has 0 saturated carbocycles. The first kappa shape index (κ1) is 16.5. The lowest BCUT2D eigenvalue weighted by molar-refractivity contribution is -0.121. The summed E-state index contributed by atoms with van der Waals surface area (Å²) in [4.78, 5) is 32.9. The van der Waals surface area contributed by atoms with Crippen molar-refractivity contribution in [2.75, 3.05) is 0 Å². The molecule has 0 radical (unpaired) electrons. The molecule has 0 fully saturated rings. The molecule has 1 N–H and O–H groups in total. The number of nitrogens with one attached hydrogen (secondary N) is 1. The Balaban J connectivity index is 1.83. The van der Waals surface area contributed by atoms with Crippen molar-refractivity contribution >= 4 is 22.7 Å². The summed E-state index contributed by atoms with van der Waals surface area (Å²) in [6.07, 6.45) is 3.33. The number of hydrazone groups is 1. The van der Waals surface area contributed by atoms with Crippen molar-refractivity contribution in [3.8, 4) is 0 Å². The van der Waals surface area contributed by atoms with Crippen LogP contribution in [-0.2, 0) is 11.3 Å². The number of rotatable bonds is 4. The van der Waals surface area contributed by atoms with Gasteiger partial charge in [-0.2, -0.15) is 5.10 Å². The fourth-order valence-corrected chi connectivity index (χ4v) is 2.44. The maximum absolute atomic E-state index is 12.4. The summed E-state index contributed by atoms with van der Waals surface area (Å²) in [7, 11) is 0. The van der Waals surface area contributed by atoms with Crippen LogP contribution in [0.4, 0.5) is 0 Å². The number of pyridine rings is 1. The van der Waals surface area contributed by atoms with Crippen LogP contribution in [0, 0.1) is 6.92 Å². The second-order valence-electron chi connectivity index (χ2n) is 5.55. The Labute approximate surface area is 144 Å². The summed E-state index contributed by atoms with van der Waals surface area (Å²) in [5, 5.41) is 4.07. The molecule has 0 aliphatic carbocycles. The van der Waals surface area contributed by atoms with E-state index in [9.17, 15) is 9.59 Å². The molecule has 0 unspecified atom stereocenters. The molecule has 7 heteroatoms. The van der Waals surface area contributed by atoms with Crippen LogP contribution in [0.25, 0.3) is 11.0 Å². The van der Waals surface area contributed by atoms with Gasteiger partial charge in [-0.05, 0) is 32.0 Å². The summed E-state index contributed by atoms with van der Waals surface area (Å²) in [6, 6.07) is 10.9.